The highest BCUT2D eigenvalue weighted by atomic mass is 28.4. The zero-order chi connectivity index (χ0) is 26.3. The van der Waals surface area contributed by atoms with Crippen molar-refractivity contribution in [1.82, 2.24) is 10.1 Å². The van der Waals surface area contributed by atoms with Gasteiger partial charge in [-0.3, -0.25) is 4.79 Å². The number of hydrogen-bond donors (Lipinski definition) is 0. The van der Waals surface area contributed by atoms with Crippen molar-refractivity contribution in [1.29, 1.82) is 0 Å². The Bertz CT molecular complexity index is 1190. The summed E-state index contributed by atoms with van der Waals surface area (Å²) < 4.78 is 22.7. The molecule has 8 nitrogen and oxygen atoms in total. The van der Waals surface area contributed by atoms with Crippen molar-refractivity contribution >= 4 is 31.2 Å². The largest absolute Gasteiger partial charge is 0.517 e. The number of para-hydroxylation sites is 1. The van der Waals surface area contributed by atoms with E-state index >= 15 is 0 Å². The number of fused-ring (bicyclic) bond motifs is 1. The smallest absolute Gasteiger partial charge is 0.361 e. The Morgan fingerprint density at radius 3 is 2.28 bits per heavy atom. The topological polar surface area (TPSA) is 101 Å². The van der Waals surface area contributed by atoms with Crippen LogP contribution in [0.2, 0.25) is 18.1 Å². The van der Waals surface area contributed by atoms with Gasteiger partial charge in [-0.25, -0.2) is 9.78 Å². The SMILES string of the molecule is CCC(C)(C)C(=O)OCCOC(=O)c1noc(O[Si](CC)(CC)CC)c1-c1ccc2ccccc2n1. The van der Waals surface area contributed by atoms with Crippen LogP contribution in [0.15, 0.2) is 40.9 Å². The van der Waals surface area contributed by atoms with Crippen LogP contribution < -0.4 is 4.43 Å². The Morgan fingerprint density at radius 2 is 1.61 bits per heavy atom. The first-order valence-electron chi connectivity index (χ1n) is 12.6. The van der Waals surface area contributed by atoms with Crippen molar-refractivity contribution in [2.24, 2.45) is 5.41 Å². The fourth-order valence-electron chi connectivity index (χ4n) is 3.76. The molecule has 0 fully saturated rings. The highest BCUT2D eigenvalue weighted by Gasteiger charge is 2.36. The zero-order valence-electron chi connectivity index (χ0n) is 22.1. The van der Waals surface area contributed by atoms with Crippen LogP contribution in [0.5, 0.6) is 5.95 Å². The van der Waals surface area contributed by atoms with Gasteiger partial charge in [0.25, 0.3) is 8.32 Å². The number of aromatic nitrogens is 2. The van der Waals surface area contributed by atoms with Gasteiger partial charge in [-0.05, 0) is 50.5 Å². The summed E-state index contributed by atoms with van der Waals surface area (Å²) in [6, 6.07) is 14.2. The number of rotatable bonds is 12. The molecule has 1 aromatic carbocycles. The molecule has 0 amide bonds. The lowest BCUT2D eigenvalue weighted by Crippen LogP contribution is -2.39. The number of ether oxygens (including phenoxy) is 2. The van der Waals surface area contributed by atoms with Crippen molar-refractivity contribution in [3.8, 4) is 17.2 Å². The minimum Gasteiger partial charge on any atom is -0.517 e. The molecule has 0 saturated heterocycles. The molecule has 0 saturated carbocycles. The third-order valence-corrected chi connectivity index (χ3v) is 11.4. The van der Waals surface area contributed by atoms with E-state index in [9.17, 15) is 9.59 Å². The first kappa shape index (κ1) is 27.4. The summed E-state index contributed by atoms with van der Waals surface area (Å²) >= 11 is 0. The fraction of sp³-hybridized carbons (Fsp3) is 0.481. The summed E-state index contributed by atoms with van der Waals surface area (Å²) in [5.74, 6) is -0.835. The van der Waals surface area contributed by atoms with Crippen LogP contribution in [-0.4, -0.2) is 43.6 Å². The maximum absolute atomic E-state index is 13.0. The third kappa shape index (κ3) is 5.95. The van der Waals surface area contributed by atoms with Gasteiger partial charge in [0.2, 0.25) is 5.69 Å². The van der Waals surface area contributed by atoms with Crippen LogP contribution in [0.4, 0.5) is 0 Å². The number of esters is 2. The quantitative estimate of drug-likeness (QED) is 0.156. The predicted molar refractivity (Wildman–Crippen MR) is 140 cm³/mol. The Balaban J connectivity index is 1.89. The van der Waals surface area contributed by atoms with E-state index in [1.165, 1.54) is 0 Å². The van der Waals surface area contributed by atoms with Gasteiger partial charge in [0.15, 0.2) is 0 Å². The molecule has 0 radical (unpaired) electrons. The Labute approximate surface area is 213 Å². The van der Waals surface area contributed by atoms with Gasteiger partial charge in [-0.1, -0.05) is 57.1 Å². The lowest BCUT2D eigenvalue weighted by molar-refractivity contribution is -0.155. The van der Waals surface area contributed by atoms with Gasteiger partial charge in [0.05, 0.1) is 16.6 Å². The summed E-state index contributed by atoms with van der Waals surface area (Å²) in [5, 5.41) is 5.00. The highest BCUT2D eigenvalue weighted by Crippen LogP contribution is 2.37. The number of benzene rings is 1. The van der Waals surface area contributed by atoms with Crippen LogP contribution in [-0.2, 0) is 14.3 Å². The van der Waals surface area contributed by atoms with Crippen molar-refractivity contribution in [2.75, 3.05) is 13.2 Å². The number of carbonyl (C=O) groups excluding carboxylic acids is 2. The molecule has 3 aromatic rings. The molecule has 2 heterocycles. The second kappa shape index (κ2) is 11.7. The van der Waals surface area contributed by atoms with Crippen molar-refractivity contribution in [3.05, 3.63) is 42.1 Å². The molecular weight excluding hydrogens is 476 g/mol. The van der Waals surface area contributed by atoms with E-state index in [1.54, 1.807) is 0 Å². The monoisotopic (exact) mass is 512 g/mol. The molecule has 194 valence electrons. The van der Waals surface area contributed by atoms with Gasteiger partial charge >= 0.3 is 17.9 Å². The molecule has 0 atom stereocenters. The zero-order valence-corrected chi connectivity index (χ0v) is 23.1. The second-order valence-corrected chi connectivity index (χ2v) is 14.1. The molecule has 36 heavy (non-hydrogen) atoms. The van der Waals surface area contributed by atoms with Crippen LogP contribution in [0.25, 0.3) is 22.2 Å². The van der Waals surface area contributed by atoms with Crippen LogP contribution >= 0.6 is 0 Å². The van der Waals surface area contributed by atoms with E-state index in [0.29, 0.717) is 17.7 Å². The second-order valence-electron chi connectivity index (χ2n) is 9.44. The lowest BCUT2D eigenvalue weighted by Gasteiger charge is -2.27. The van der Waals surface area contributed by atoms with Gasteiger partial charge in [-0.2, -0.15) is 0 Å². The predicted octanol–water partition coefficient (Wildman–Crippen LogP) is 6.41. The van der Waals surface area contributed by atoms with E-state index in [1.807, 2.05) is 57.2 Å². The average molecular weight is 513 g/mol. The summed E-state index contributed by atoms with van der Waals surface area (Å²) in [4.78, 5) is 29.9. The molecule has 0 N–H and O–H groups in total. The number of carbonyl (C=O) groups is 2. The van der Waals surface area contributed by atoms with E-state index in [4.69, 9.17) is 23.4 Å². The standard InChI is InChI=1S/C27H36N2O6Si/c1-7-27(5,6)26(31)33-18-17-32-24(30)23-22(21-16-15-19-13-11-12-14-20(19)28-21)25(34-29-23)35-36(8-2,9-3)10-4/h11-16H,7-10,17-18H2,1-6H3. The molecule has 0 aliphatic carbocycles. The molecule has 2 aromatic heterocycles. The normalized spacial score (nSPS) is 11.9. The average Bonchev–Trinajstić information content (AvgIpc) is 3.32. The number of pyridine rings is 1. The maximum Gasteiger partial charge on any atom is 0.361 e. The first-order valence-corrected chi connectivity index (χ1v) is 15.1. The molecule has 0 aliphatic rings. The van der Waals surface area contributed by atoms with E-state index in [-0.39, 0.29) is 30.8 Å². The van der Waals surface area contributed by atoms with E-state index < -0.39 is 19.7 Å². The minimum absolute atomic E-state index is 0.0146. The van der Waals surface area contributed by atoms with E-state index in [0.717, 1.165) is 29.0 Å². The van der Waals surface area contributed by atoms with Gasteiger partial charge in [0.1, 0.15) is 18.8 Å². The summed E-state index contributed by atoms with van der Waals surface area (Å²) in [5.41, 5.74) is 1.06. The molecule has 9 heteroatoms. The van der Waals surface area contributed by atoms with Crippen molar-refractivity contribution in [3.63, 3.8) is 0 Å². The van der Waals surface area contributed by atoms with Crippen LogP contribution in [0.3, 0.4) is 0 Å². The third-order valence-electron chi connectivity index (χ3n) is 6.94. The summed E-state index contributed by atoms with van der Waals surface area (Å²) in [6.07, 6.45) is 0.646. The lowest BCUT2D eigenvalue weighted by atomic mass is 9.91. The van der Waals surface area contributed by atoms with Gasteiger partial charge < -0.3 is 18.4 Å². The molecular formula is C27H36N2O6Si. The van der Waals surface area contributed by atoms with Crippen LogP contribution in [0, 0.1) is 5.41 Å². The van der Waals surface area contributed by atoms with Gasteiger partial charge in [-0.15, -0.1) is 0 Å². The number of nitrogens with zero attached hydrogens (tertiary/aromatic N) is 2. The van der Waals surface area contributed by atoms with Crippen LogP contribution in [0.1, 0.15) is 58.5 Å². The summed E-state index contributed by atoms with van der Waals surface area (Å²) in [7, 11) is -2.13. The first-order chi connectivity index (χ1) is 17.2. The molecule has 0 bridgehead atoms. The van der Waals surface area contributed by atoms with E-state index in [2.05, 4.69) is 25.9 Å². The molecule has 0 spiro atoms. The van der Waals surface area contributed by atoms with Crippen molar-refractivity contribution < 1.29 is 28.0 Å². The Hall–Kier alpha value is -3.20. The fourth-order valence-corrected chi connectivity index (χ4v) is 6.22. The molecule has 0 aliphatic heterocycles. The Morgan fingerprint density at radius 1 is 0.944 bits per heavy atom. The number of hydrogen-bond acceptors (Lipinski definition) is 8. The highest BCUT2D eigenvalue weighted by molar-refractivity contribution is 6.74. The molecule has 3 rings (SSSR count). The van der Waals surface area contributed by atoms with Gasteiger partial charge in [0, 0.05) is 5.39 Å². The summed E-state index contributed by atoms with van der Waals surface area (Å²) in [6.45, 7) is 11.7. The van der Waals surface area contributed by atoms with Crippen molar-refractivity contribution in [2.45, 2.75) is 66.1 Å². The Kier molecular flexibility index (Phi) is 8.89. The molecule has 0 unspecified atom stereocenters. The maximum atomic E-state index is 13.0. The minimum atomic E-state index is -2.13.